The fourth-order valence-corrected chi connectivity index (χ4v) is 4.92. The fourth-order valence-electron chi connectivity index (χ4n) is 4.74. The van der Waals surface area contributed by atoms with Gasteiger partial charge in [0.15, 0.2) is 17.5 Å². The van der Waals surface area contributed by atoms with Gasteiger partial charge in [0.2, 0.25) is 0 Å². The van der Waals surface area contributed by atoms with Crippen molar-refractivity contribution >= 4 is 44.3 Å². The van der Waals surface area contributed by atoms with Crippen LogP contribution in [0.3, 0.4) is 0 Å². The highest BCUT2D eigenvalue weighted by Gasteiger charge is 2.18. The molecule has 0 saturated heterocycles. The Kier molecular flexibility index (Phi) is 4.79. The first-order valence-corrected chi connectivity index (χ1v) is 12.0. The van der Waals surface area contributed by atoms with Crippen molar-refractivity contribution in [3.8, 4) is 34.2 Å². The van der Waals surface area contributed by atoms with Gasteiger partial charge >= 0.3 is 0 Å². The first kappa shape index (κ1) is 20.8. The molecule has 0 amide bonds. The first-order chi connectivity index (χ1) is 17.7. The van der Waals surface area contributed by atoms with E-state index in [1.54, 1.807) is 0 Å². The van der Waals surface area contributed by atoms with E-state index in [0.29, 0.717) is 22.5 Å². The van der Waals surface area contributed by atoms with Gasteiger partial charge in [-0.25, -0.2) is 15.0 Å². The summed E-state index contributed by atoms with van der Waals surface area (Å²) in [6, 6.07) is 36.0. The summed E-state index contributed by atoms with van der Waals surface area (Å²) in [4.78, 5) is 14.9. The average molecular weight is 484 g/mol. The largest absolute Gasteiger partial charge is 0.456 e. The molecule has 0 radical (unpaired) electrons. The molecule has 7 aromatic rings. The highest BCUT2D eigenvalue weighted by molar-refractivity contribution is 6.31. The molecular weight excluding hydrogens is 466 g/mol. The lowest BCUT2D eigenvalue weighted by molar-refractivity contribution is 0.669. The van der Waals surface area contributed by atoms with Crippen LogP contribution in [0.5, 0.6) is 0 Å². The lowest BCUT2D eigenvalue weighted by Gasteiger charge is -2.11. The minimum Gasteiger partial charge on any atom is -0.456 e. The summed E-state index contributed by atoms with van der Waals surface area (Å²) in [5, 5.41) is 4.79. The van der Waals surface area contributed by atoms with Crippen molar-refractivity contribution in [3.63, 3.8) is 0 Å². The number of hydrogen-bond acceptors (Lipinski definition) is 4. The van der Waals surface area contributed by atoms with Crippen molar-refractivity contribution in [1.82, 2.24) is 15.0 Å². The zero-order valence-electron chi connectivity index (χ0n) is 19.0. The first-order valence-electron chi connectivity index (χ1n) is 11.7. The van der Waals surface area contributed by atoms with E-state index >= 15 is 0 Å². The molecule has 170 valence electrons. The second kappa shape index (κ2) is 8.29. The quantitative estimate of drug-likeness (QED) is 0.252. The van der Waals surface area contributed by atoms with Crippen LogP contribution >= 0.6 is 11.6 Å². The Bertz CT molecular complexity index is 1910. The van der Waals surface area contributed by atoms with Crippen LogP contribution in [0.25, 0.3) is 66.9 Å². The van der Waals surface area contributed by atoms with Crippen molar-refractivity contribution in [2.75, 3.05) is 0 Å². The normalized spacial score (nSPS) is 11.5. The Morgan fingerprint density at radius 2 is 1.22 bits per heavy atom. The summed E-state index contributed by atoms with van der Waals surface area (Å²) in [6.07, 6.45) is 0. The zero-order chi connectivity index (χ0) is 24.1. The van der Waals surface area contributed by atoms with Crippen molar-refractivity contribution in [2.45, 2.75) is 0 Å². The number of hydrogen-bond donors (Lipinski definition) is 0. The van der Waals surface area contributed by atoms with Gasteiger partial charge in [-0.3, -0.25) is 0 Å². The predicted octanol–water partition coefficient (Wildman–Crippen LogP) is 8.58. The van der Waals surface area contributed by atoms with Gasteiger partial charge in [0.1, 0.15) is 11.2 Å². The Hall–Kier alpha value is -4.54. The van der Waals surface area contributed by atoms with Crippen LogP contribution in [-0.2, 0) is 0 Å². The average Bonchev–Trinajstić information content (AvgIpc) is 3.32. The maximum Gasteiger partial charge on any atom is 0.164 e. The topological polar surface area (TPSA) is 51.8 Å². The van der Waals surface area contributed by atoms with E-state index in [4.69, 9.17) is 31.0 Å². The fraction of sp³-hybridized carbons (Fsp3) is 0. The van der Waals surface area contributed by atoms with E-state index in [9.17, 15) is 0 Å². The van der Waals surface area contributed by atoms with Crippen molar-refractivity contribution < 1.29 is 4.42 Å². The summed E-state index contributed by atoms with van der Waals surface area (Å²) >= 11 is 6.27. The van der Waals surface area contributed by atoms with Gasteiger partial charge in [-0.2, -0.15) is 0 Å². The number of rotatable bonds is 3. The van der Waals surface area contributed by atoms with Gasteiger partial charge in [-0.1, -0.05) is 96.5 Å². The van der Waals surface area contributed by atoms with E-state index in [1.807, 2.05) is 103 Å². The maximum absolute atomic E-state index is 6.27. The molecule has 36 heavy (non-hydrogen) atoms. The van der Waals surface area contributed by atoms with Crippen LogP contribution < -0.4 is 0 Å². The number of fused-ring (bicyclic) bond motifs is 4. The molecule has 5 heteroatoms. The summed E-state index contributed by atoms with van der Waals surface area (Å²) in [6.45, 7) is 0. The molecule has 0 fully saturated rings. The Labute approximate surface area is 211 Å². The van der Waals surface area contributed by atoms with Gasteiger partial charge < -0.3 is 4.42 Å². The summed E-state index contributed by atoms with van der Waals surface area (Å²) in [7, 11) is 0. The van der Waals surface area contributed by atoms with Crippen LogP contribution in [0.1, 0.15) is 0 Å². The van der Waals surface area contributed by atoms with Gasteiger partial charge in [0, 0.05) is 32.5 Å². The predicted molar refractivity (Wildman–Crippen MR) is 146 cm³/mol. The summed E-state index contributed by atoms with van der Waals surface area (Å²) in [5.74, 6) is 1.82. The Balaban J connectivity index is 1.54. The summed E-state index contributed by atoms with van der Waals surface area (Å²) < 4.78 is 6.13. The molecule has 0 saturated carbocycles. The van der Waals surface area contributed by atoms with E-state index in [2.05, 4.69) is 6.07 Å². The number of benzene rings is 5. The number of nitrogens with zero attached hydrogens (tertiary/aromatic N) is 3. The zero-order valence-corrected chi connectivity index (χ0v) is 19.8. The monoisotopic (exact) mass is 483 g/mol. The molecule has 0 aliphatic heterocycles. The van der Waals surface area contributed by atoms with Gasteiger partial charge in [-0.15, -0.1) is 0 Å². The Morgan fingerprint density at radius 3 is 2.11 bits per heavy atom. The van der Waals surface area contributed by atoms with Crippen LogP contribution in [0, 0.1) is 0 Å². The SMILES string of the molecule is Clc1ccc2c(-c3nc(-c4ccccc4)nc(-c4cccc5oc6ccccc6c45)n3)cccc2c1. The molecule has 0 atom stereocenters. The highest BCUT2D eigenvalue weighted by Crippen LogP contribution is 2.37. The van der Waals surface area contributed by atoms with E-state index in [-0.39, 0.29) is 0 Å². The molecule has 0 N–H and O–H groups in total. The molecule has 0 aliphatic carbocycles. The van der Waals surface area contributed by atoms with E-state index in [1.165, 1.54) is 0 Å². The van der Waals surface area contributed by atoms with E-state index in [0.717, 1.165) is 49.4 Å². The van der Waals surface area contributed by atoms with Crippen LogP contribution in [-0.4, -0.2) is 15.0 Å². The van der Waals surface area contributed by atoms with Crippen LogP contribution in [0.4, 0.5) is 0 Å². The molecule has 0 aliphatic rings. The van der Waals surface area contributed by atoms with Crippen LogP contribution in [0.15, 0.2) is 114 Å². The lowest BCUT2D eigenvalue weighted by Crippen LogP contribution is -2.00. The van der Waals surface area contributed by atoms with Gasteiger partial charge in [0.25, 0.3) is 0 Å². The number of halogens is 1. The second-order valence-corrected chi connectivity index (χ2v) is 9.06. The third-order valence-electron chi connectivity index (χ3n) is 6.39. The number of para-hydroxylation sites is 1. The molecule has 0 unspecified atom stereocenters. The third kappa shape index (κ3) is 3.43. The molecule has 7 rings (SSSR count). The third-order valence-corrected chi connectivity index (χ3v) is 6.63. The molecular formula is C31H18ClN3O. The number of furan rings is 1. The van der Waals surface area contributed by atoms with Gasteiger partial charge in [-0.05, 0) is 35.0 Å². The lowest BCUT2D eigenvalue weighted by atomic mass is 10.0. The van der Waals surface area contributed by atoms with Crippen molar-refractivity contribution in [1.29, 1.82) is 0 Å². The second-order valence-electron chi connectivity index (χ2n) is 8.62. The van der Waals surface area contributed by atoms with Crippen molar-refractivity contribution in [2.24, 2.45) is 0 Å². The minimum atomic E-state index is 0.599. The smallest absolute Gasteiger partial charge is 0.164 e. The van der Waals surface area contributed by atoms with E-state index < -0.39 is 0 Å². The standard InChI is InChI=1S/C31H18ClN3O/c32-21-16-17-22-20(18-21)10-6-12-23(22)30-33-29(19-8-2-1-3-9-19)34-31(35-30)25-13-7-15-27-28(25)24-11-4-5-14-26(24)36-27/h1-18H. The Morgan fingerprint density at radius 1 is 0.528 bits per heavy atom. The molecule has 0 spiro atoms. The molecule has 2 heterocycles. The van der Waals surface area contributed by atoms with Crippen molar-refractivity contribution in [3.05, 3.63) is 114 Å². The molecule has 4 nitrogen and oxygen atoms in total. The minimum absolute atomic E-state index is 0.599. The molecule has 0 bridgehead atoms. The van der Waals surface area contributed by atoms with Gasteiger partial charge in [0.05, 0.1) is 0 Å². The summed E-state index contributed by atoms with van der Waals surface area (Å²) in [5.41, 5.74) is 4.39. The molecule has 5 aromatic carbocycles. The highest BCUT2D eigenvalue weighted by atomic mass is 35.5. The molecule has 2 aromatic heterocycles. The maximum atomic E-state index is 6.27. The number of aromatic nitrogens is 3. The van der Waals surface area contributed by atoms with Crippen LogP contribution in [0.2, 0.25) is 5.02 Å².